The number of hydrogen-bond donors (Lipinski definition) is 2. The van der Waals surface area contributed by atoms with Crippen LogP contribution in [0.15, 0.2) is 24.3 Å². The highest BCUT2D eigenvalue weighted by Crippen LogP contribution is 2.16. The summed E-state index contributed by atoms with van der Waals surface area (Å²) in [6, 6.07) is 7.05. The molecule has 0 heterocycles. The minimum Gasteiger partial charge on any atom is -0.497 e. The average molecular weight is 267 g/mol. The molecule has 19 heavy (non-hydrogen) atoms. The van der Waals surface area contributed by atoms with Crippen LogP contribution in [0, 0.1) is 0 Å². The third-order valence-electron chi connectivity index (χ3n) is 2.55. The Morgan fingerprint density at radius 1 is 1.32 bits per heavy atom. The van der Waals surface area contributed by atoms with Crippen LogP contribution in [-0.2, 0) is 4.79 Å². The Morgan fingerprint density at radius 2 is 1.95 bits per heavy atom. The number of aliphatic hydroxyl groups excluding tert-OH is 1. The van der Waals surface area contributed by atoms with Gasteiger partial charge in [0, 0.05) is 6.54 Å². The van der Waals surface area contributed by atoms with Gasteiger partial charge in [-0.15, -0.1) is 0 Å². The van der Waals surface area contributed by atoms with E-state index >= 15 is 0 Å². The first-order valence-corrected chi connectivity index (χ1v) is 6.33. The van der Waals surface area contributed by atoms with E-state index in [1.54, 1.807) is 38.3 Å². The Kier molecular flexibility index (Phi) is 6.74. The van der Waals surface area contributed by atoms with Crippen LogP contribution < -0.4 is 14.8 Å². The maximum absolute atomic E-state index is 11.5. The standard InChI is InChI=1S/C14H21NO4/c1-11(16)4-3-9-15-14(17)10-19-13-7-5-12(18-2)6-8-13/h5-8,11,16H,3-4,9-10H2,1-2H3,(H,15,17). The molecule has 0 aliphatic rings. The second-order valence-corrected chi connectivity index (χ2v) is 4.31. The van der Waals surface area contributed by atoms with Crippen LogP contribution in [0.4, 0.5) is 0 Å². The summed E-state index contributed by atoms with van der Waals surface area (Å²) in [5.74, 6) is 1.20. The van der Waals surface area contributed by atoms with Crippen molar-refractivity contribution in [3.63, 3.8) is 0 Å². The molecule has 1 unspecified atom stereocenters. The summed E-state index contributed by atoms with van der Waals surface area (Å²) in [7, 11) is 1.59. The summed E-state index contributed by atoms with van der Waals surface area (Å²) < 4.78 is 10.4. The quantitative estimate of drug-likeness (QED) is 0.698. The predicted molar refractivity (Wildman–Crippen MR) is 72.4 cm³/mol. The number of aliphatic hydroxyl groups is 1. The van der Waals surface area contributed by atoms with Crippen molar-refractivity contribution in [2.45, 2.75) is 25.9 Å². The van der Waals surface area contributed by atoms with Crippen molar-refractivity contribution in [3.05, 3.63) is 24.3 Å². The lowest BCUT2D eigenvalue weighted by molar-refractivity contribution is -0.123. The van der Waals surface area contributed by atoms with Gasteiger partial charge in [0.1, 0.15) is 11.5 Å². The first kappa shape index (κ1) is 15.3. The highest BCUT2D eigenvalue weighted by Gasteiger charge is 2.03. The third kappa shape index (κ3) is 6.67. The monoisotopic (exact) mass is 267 g/mol. The topological polar surface area (TPSA) is 67.8 Å². The number of methoxy groups -OCH3 is 1. The molecule has 0 saturated heterocycles. The summed E-state index contributed by atoms with van der Waals surface area (Å²) in [6.07, 6.45) is 1.11. The van der Waals surface area contributed by atoms with Crippen molar-refractivity contribution >= 4 is 5.91 Å². The molecule has 0 saturated carbocycles. The predicted octanol–water partition coefficient (Wildman–Crippen LogP) is 1.35. The Labute approximate surface area is 113 Å². The van der Waals surface area contributed by atoms with Crippen LogP contribution >= 0.6 is 0 Å². The summed E-state index contributed by atoms with van der Waals surface area (Å²) >= 11 is 0. The van der Waals surface area contributed by atoms with E-state index in [0.29, 0.717) is 18.7 Å². The van der Waals surface area contributed by atoms with Gasteiger partial charge in [-0.05, 0) is 44.0 Å². The Hall–Kier alpha value is -1.75. The van der Waals surface area contributed by atoms with Crippen LogP contribution in [0.25, 0.3) is 0 Å². The third-order valence-corrected chi connectivity index (χ3v) is 2.55. The van der Waals surface area contributed by atoms with E-state index in [0.717, 1.165) is 12.2 Å². The zero-order valence-electron chi connectivity index (χ0n) is 11.4. The lowest BCUT2D eigenvalue weighted by Gasteiger charge is -2.08. The first-order chi connectivity index (χ1) is 9.11. The molecule has 0 bridgehead atoms. The van der Waals surface area contributed by atoms with Crippen molar-refractivity contribution < 1.29 is 19.4 Å². The average Bonchev–Trinajstić information content (AvgIpc) is 2.41. The van der Waals surface area contributed by atoms with Gasteiger partial charge < -0.3 is 19.9 Å². The number of benzene rings is 1. The number of carbonyl (C=O) groups is 1. The molecule has 1 aromatic carbocycles. The molecule has 1 rings (SSSR count). The molecule has 0 aliphatic carbocycles. The van der Waals surface area contributed by atoms with Crippen LogP contribution in [0.2, 0.25) is 0 Å². The van der Waals surface area contributed by atoms with E-state index in [1.165, 1.54) is 0 Å². The minimum absolute atomic E-state index is 0.0129. The fourth-order valence-corrected chi connectivity index (χ4v) is 1.50. The SMILES string of the molecule is COc1ccc(OCC(=O)NCCCC(C)O)cc1. The Balaban J connectivity index is 2.18. The maximum Gasteiger partial charge on any atom is 0.257 e. The van der Waals surface area contributed by atoms with Crippen LogP contribution in [0.1, 0.15) is 19.8 Å². The number of rotatable bonds is 8. The van der Waals surface area contributed by atoms with Crippen molar-refractivity contribution in [2.75, 3.05) is 20.3 Å². The summed E-state index contributed by atoms with van der Waals surface area (Å²) in [5.41, 5.74) is 0. The van der Waals surface area contributed by atoms with Crippen molar-refractivity contribution in [1.82, 2.24) is 5.32 Å². The highest BCUT2D eigenvalue weighted by atomic mass is 16.5. The molecule has 106 valence electrons. The molecular weight excluding hydrogens is 246 g/mol. The molecule has 0 aromatic heterocycles. The van der Waals surface area contributed by atoms with Gasteiger partial charge in [0.05, 0.1) is 13.2 Å². The molecule has 5 heteroatoms. The number of carbonyl (C=O) groups excluding carboxylic acids is 1. The molecule has 1 amide bonds. The Morgan fingerprint density at radius 3 is 2.53 bits per heavy atom. The Bertz CT molecular complexity index is 376. The van der Waals surface area contributed by atoms with Gasteiger partial charge in [0.25, 0.3) is 5.91 Å². The van der Waals surface area contributed by atoms with Gasteiger partial charge >= 0.3 is 0 Å². The molecule has 0 radical (unpaired) electrons. The number of hydrogen-bond acceptors (Lipinski definition) is 4. The van der Waals surface area contributed by atoms with Gasteiger partial charge in [-0.1, -0.05) is 0 Å². The normalized spacial score (nSPS) is 11.7. The fraction of sp³-hybridized carbons (Fsp3) is 0.500. The first-order valence-electron chi connectivity index (χ1n) is 6.33. The van der Waals surface area contributed by atoms with Gasteiger partial charge in [0.15, 0.2) is 6.61 Å². The number of ether oxygens (including phenoxy) is 2. The van der Waals surface area contributed by atoms with E-state index in [4.69, 9.17) is 14.6 Å². The zero-order valence-corrected chi connectivity index (χ0v) is 11.4. The lowest BCUT2D eigenvalue weighted by Crippen LogP contribution is -2.30. The van der Waals surface area contributed by atoms with Gasteiger partial charge in [-0.25, -0.2) is 0 Å². The van der Waals surface area contributed by atoms with Crippen LogP contribution in [-0.4, -0.2) is 37.4 Å². The highest BCUT2D eigenvalue weighted by molar-refractivity contribution is 5.77. The summed E-state index contributed by atoms with van der Waals surface area (Å²) in [5, 5.41) is 11.8. The van der Waals surface area contributed by atoms with E-state index in [9.17, 15) is 4.79 Å². The molecule has 1 atom stereocenters. The second-order valence-electron chi connectivity index (χ2n) is 4.31. The van der Waals surface area contributed by atoms with Gasteiger partial charge in [0.2, 0.25) is 0 Å². The molecule has 0 aliphatic heterocycles. The summed E-state index contributed by atoms with van der Waals surface area (Å²) in [4.78, 5) is 11.5. The van der Waals surface area contributed by atoms with Gasteiger partial charge in [-0.2, -0.15) is 0 Å². The molecular formula is C14H21NO4. The smallest absolute Gasteiger partial charge is 0.257 e. The second kappa shape index (κ2) is 8.37. The molecule has 0 fully saturated rings. The zero-order chi connectivity index (χ0) is 14.1. The molecule has 2 N–H and O–H groups in total. The van der Waals surface area contributed by atoms with E-state index in [2.05, 4.69) is 5.32 Å². The molecule has 0 spiro atoms. The fourth-order valence-electron chi connectivity index (χ4n) is 1.50. The summed E-state index contributed by atoms with van der Waals surface area (Å²) in [6.45, 7) is 2.27. The maximum atomic E-state index is 11.5. The van der Waals surface area contributed by atoms with E-state index < -0.39 is 0 Å². The van der Waals surface area contributed by atoms with Crippen molar-refractivity contribution in [2.24, 2.45) is 0 Å². The largest absolute Gasteiger partial charge is 0.497 e. The van der Waals surface area contributed by atoms with E-state index in [-0.39, 0.29) is 18.6 Å². The molecule has 5 nitrogen and oxygen atoms in total. The molecule has 1 aromatic rings. The van der Waals surface area contributed by atoms with Crippen LogP contribution in [0.5, 0.6) is 11.5 Å². The van der Waals surface area contributed by atoms with Crippen molar-refractivity contribution in [1.29, 1.82) is 0 Å². The minimum atomic E-state index is -0.326. The van der Waals surface area contributed by atoms with E-state index in [1.807, 2.05) is 0 Å². The number of nitrogens with one attached hydrogen (secondary N) is 1. The lowest BCUT2D eigenvalue weighted by atomic mass is 10.2. The van der Waals surface area contributed by atoms with Crippen molar-refractivity contribution in [3.8, 4) is 11.5 Å². The number of amides is 1. The van der Waals surface area contributed by atoms with Gasteiger partial charge in [-0.3, -0.25) is 4.79 Å². The van der Waals surface area contributed by atoms with Crippen LogP contribution in [0.3, 0.4) is 0 Å².